The van der Waals surface area contributed by atoms with Crippen LogP contribution in [0.25, 0.3) is 5.65 Å². The van der Waals surface area contributed by atoms with Crippen LogP contribution in [0.4, 0.5) is 4.39 Å². The number of hydrogen-bond acceptors (Lipinski definition) is 5. The van der Waals surface area contributed by atoms with Crippen LogP contribution < -0.4 is 11.4 Å². The van der Waals surface area contributed by atoms with Gasteiger partial charge in [-0.1, -0.05) is 55.8 Å². The van der Waals surface area contributed by atoms with Crippen molar-refractivity contribution in [2.75, 3.05) is 13.1 Å². The van der Waals surface area contributed by atoms with Gasteiger partial charge in [-0.15, -0.1) is 12.4 Å². The summed E-state index contributed by atoms with van der Waals surface area (Å²) in [4.78, 5) is 34.0. The Balaban J connectivity index is 0.00000400. The van der Waals surface area contributed by atoms with Crippen LogP contribution in [0.1, 0.15) is 53.7 Å². The van der Waals surface area contributed by atoms with Gasteiger partial charge in [0, 0.05) is 12.1 Å². The number of amides is 1. The Morgan fingerprint density at radius 2 is 1.79 bits per heavy atom. The molecule has 1 amide bonds. The highest BCUT2D eigenvalue weighted by atomic mass is 35.5. The minimum atomic E-state index is -0.600. The third-order valence-electron chi connectivity index (χ3n) is 6.24. The predicted octanol–water partition coefficient (Wildman–Crippen LogP) is 4.65. The van der Waals surface area contributed by atoms with E-state index in [2.05, 4.69) is 5.10 Å². The zero-order valence-corrected chi connectivity index (χ0v) is 23.0. The molecule has 11 heteroatoms. The molecule has 0 spiro atoms. The molecule has 0 fully saturated rings. The van der Waals surface area contributed by atoms with Crippen molar-refractivity contribution in [2.45, 2.75) is 39.8 Å². The van der Waals surface area contributed by atoms with Gasteiger partial charge in [0.2, 0.25) is 0 Å². The quantitative estimate of drug-likeness (QED) is 0.321. The summed E-state index contributed by atoms with van der Waals surface area (Å²) in [5, 5.41) is 4.58. The molecule has 0 aliphatic rings. The average molecular weight is 561 g/mol. The Bertz CT molecular complexity index is 1450. The van der Waals surface area contributed by atoms with Crippen LogP contribution >= 0.6 is 24.0 Å². The normalized spacial score (nSPS) is 12.0. The molecule has 2 N–H and O–H groups in total. The van der Waals surface area contributed by atoms with Crippen molar-refractivity contribution in [3.8, 4) is 0 Å². The van der Waals surface area contributed by atoms with Crippen molar-refractivity contribution < 1.29 is 9.18 Å². The molecule has 2 aromatic heterocycles. The topological polar surface area (TPSA) is 98.5 Å². The van der Waals surface area contributed by atoms with E-state index in [9.17, 15) is 14.0 Å². The van der Waals surface area contributed by atoms with Gasteiger partial charge in [-0.25, -0.2) is 14.2 Å². The molecule has 8 nitrogen and oxygen atoms in total. The predicted molar refractivity (Wildman–Crippen MR) is 148 cm³/mol. The van der Waals surface area contributed by atoms with Crippen LogP contribution in [0.3, 0.4) is 0 Å². The standard InChI is InChI=1S/C27H30ClFN6O2.ClH/c1-17(2)23(33(15-7-14-30)26(36)20-10-12-21(29)13-11-20)25-31-24-22(28)18(3)32-35(24)27(37)34(25)16-19-8-5-4-6-9-19;/h4-6,8-13,17,23H,7,14-16,30H2,1-3H3;1H/t23-;/m1./s1. The van der Waals surface area contributed by atoms with Gasteiger partial charge in [-0.3, -0.25) is 9.36 Å². The van der Waals surface area contributed by atoms with Crippen LogP contribution in [0.2, 0.25) is 5.02 Å². The van der Waals surface area contributed by atoms with Crippen molar-refractivity contribution in [2.24, 2.45) is 11.7 Å². The van der Waals surface area contributed by atoms with Crippen LogP contribution in [0.15, 0.2) is 59.4 Å². The molecule has 38 heavy (non-hydrogen) atoms. The zero-order chi connectivity index (χ0) is 26.7. The van der Waals surface area contributed by atoms with Gasteiger partial charge in [0.05, 0.1) is 18.3 Å². The van der Waals surface area contributed by atoms with Crippen LogP contribution in [0.5, 0.6) is 0 Å². The lowest BCUT2D eigenvalue weighted by atomic mass is 9.99. The summed E-state index contributed by atoms with van der Waals surface area (Å²) >= 11 is 6.49. The van der Waals surface area contributed by atoms with Gasteiger partial charge in [0.15, 0.2) is 5.65 Å². The largest absolute Gasteiger partial charge is 0.352 e. The van der Waals surface area contributed by atoms with E-state index in [4.69, 9.17) is 22.3 Å². The monoisotopic (exact) mass is 560 g/mol. The Morgan fingerprint density at radius 3 is 2.39 bits per heavy atom. The van der Waals surface area contributed by atoms with E-state index in [1.54, 1.807) is 16.4 Å². The number of nitrogens with two attached hydrogens (primary N) is 1. The summed E-state index contributed by atoms with van der Waals surface area (Å²) in [7, 11) is 0. The number of hydrogen-bond donors (Lipinski definition) is 1. The SMILES string of the molecule is Cc1nn2c(=O)n(Cc3ccccc3)c([C@@H](C(C)C)N(CCCN)C(=O)c3ccc(F)cc3)nc2c1Cl.Cl. The number of rotatable bonds is 9. The molecule has 0 saturated carbocycles. The van der Waals surface area contributed by atoms with E-state index in [0.29, 0.717) is 36.6 Å². The lowest BCUT2D eigenvalue weighted by Gasteiger charge is -2.35. The number of carbonyl (C=O) groups excluding carboxylic acids is 1. The number of benzene rings is 2. The second-order valence-electron chi connectivity index (χ2n) is 9.30. The molecule has 2 heterocycles. The molecule has 1 atom stereocenters. The number of fused-ring (bicyclic) bond motifs is 1. The number of halogens is 3. The summed E-state index contributed by atoms with van der Waals surface area (Å²) in [6.45, 7) is 6.56. The van der Waals surface area contributed by atoms with Gasteiger partial charge in [0.25, 0.3) is 5.91 Å². The van der Waals surface area contributed by atoms with Gasteiger partial charge >= 0.3 is 5.69 Å². The van der Waals surface area contributed by atoms with Gasteiger partial charge in [0.1, 0.15) is 16.7 Å². The molecule has 2 aromatic carbocycles. The molecule has 0 aliphatic heterocycles. The maximum Gasteiger partial charge on any atom is 0.352 e. The lowest BCUT2D eigenvalue weighted by Crippen LogP contribution is -2.43. The Morgan fingerprint density at radius 1 is 1.13 bits per heavy atom. The first-order valence-electron chi connectivity index (χ1n) is 12.2. The minimum Gasteiger partial charge on any atom is -0.330 e. The highest BCUT2D eigenvalue weighted by molar-refractivity contribution is 6.34. The minimum absolute atomic E-state index is 0. The molecular weight excluding hydrogens is 530 g/mol. The van der Waals surface area contributed by atoms with Crippen molar-refractivity contribution in [3.05, 3.63) is 98.6 Å². The summed E-state index contributed by atoms with van der Waals surface area (Å²) in [5.74, 6) is -0.477. The smallest absolute Gasteiger partial charge is 0.330 e. The van der Waals surface area contributed by atoms with E-state index in [0.717, 1.165) is 5.56 Å². The second kappa shape index (κ2) is 12.5. The van der Waals surface area contributed by atoms with Crippen LogP contribution in [0, 0.1) is 18.7 Å². The molecule has 0 aliphatic carbocycles. The molecule has 0 unspecified atom stereocenters. The zero-order valence-electron chi connectivity index (χ0n) is 21.5. The van der Waals surface area contributed by atoms with Crippen LogP contribution in [-0.4, -0.2) is 43.1 Å². The summed E-state index contributed by atoms with van der Waals surface area (Å²) < 4.78 is 16.3. The summed E-state index contributed by atoms with van der Waals surface area (Å²) in [6, 6.07) is 14.3. The maximum absolute atomic E-state index is 13.8. The van der Waals surface area contributed by atoms with Crippen molar-refractivity contribution in [3.63, 3.8) is 0 Å². The molecule has 0 radical (unpaired) electrons. The second-order valence-corrected chi connectivity index (χ2v) is 9.67. The van der Waals surface area contributed by atoms with Gasteiger partial charge in [-0.05, 0) is 55.6 Å². The van der Waals surface area contributed by atoms with Gasteiger partial charge < -0.3 is 10.6 Å². The number of aromatic nitrogens is 4. The molecule has 0 bridgehead atoms. The Kier molecular flexibility index (Phi) is 9.65. The third kappa shape index (κ3) is 5.90. The lowest BCUT2D eigenvalue weighted by molar-refractivity contribution is 0.0601. The summed E-state index contributed by atoms with van der Waals surface area (Å²) in [6.07, 6.45) is 0.536. The number of carbonyl (C=O) groups is 1. The van der Waals surface area contributed by atoms with E-state index < -0.39 is 17.5 Å². The molecule has 4 aromatic rings. The number of nitrogens with zero attached hydrogens (tertiary/aromatic N) is 5. The first-order chi connectivity index (χ1) is 17.7. The first-order valence-corrected chi connectivity index (χ1v) is 12.6. The third-order valence-corrected chi connectivity index (χ3v) is 6.69. The number of aryl methyl sites for hydroxylation is 1. The Labute approximate surface area is 231 Å². The van der Waals surface area contributed by atoms with E-state index in [1.165, 1.54) is 28.8 Å². The fourth-order valence-electron chi connectivity index (χ4n) is 4.43. The maximum atomic E-state index is 13.8. The summed E-state index contributed by atoms with van der Waals surface area (Å²) in [5.41, 5.74) is 7.36. The van der Waals surface area contributed by atoms with E-state index in [1.807, 2.05) is 44.2 Å². The Hall–Kier alpha value is -3.27. The van der Waals surface area contributed by atoms with Crippen LogP contribution in [-0.2, 0) is 6.54 Å². The van der Waals surface area contributed by atoms with Crippen molar-refractivity contribution >= 4 is 35.6 Å². The van der Waals surface area contributed by atoms with E-state index >= 15 is 0 Å². The molecule has 202 valence electrons. The van der Waals surface area contributed by atoms with Crippen molar-refractivity contribution in [1.29, 1.82) is 0 Å². The first kappa shape index (κ1) is 29.3. The average Bonchev–Trinajstić information content (AvgIpc) is 3.17. The molecule has 4 rings (SSSR count). The van der Waals surface area contributed by atoms with E-state index in [-0.39, 0.29) is 41.4 Å². The fourth-order valence-corrected chi connectivity index (χ4v) is 4.59. The highest BCUT2D eigenvalue weighted by Crippen LogP contribution is 2.31. The molecule has 0 saturated heterocycles. The van der Waals surface area contributed by atoms with Crippen molar-refractivity contribution in [1.82, 2.24) is 24.1 Å². The fraction of sp³-hybridized carbons (Fsp3) is 0.333. The highest BCUT2D eigenvalue weighted by Gasteiger charge is 2.33. The molecular formula is C27H31Cl2FN6O2. The van der Waals surface area contributed by atoms with Gasteiger partial charge in [-0.2, -0.15) is 9.61 Å².